The third-order valence-electron chi connectivity index (χ3n) is 4.90. The van der Waals surface area contributed by atoms with E-state index in [1.807, 2.05) is 0 Å². The number of hydrogen-bond acceptors (Lipinski definition) is 3. The van der Waals surface area contributed by atoms with Gasteiger partial charge in [-0.1, -0.05) is 29.8 Å². The first-order valence-electron chi connectivity index (χ1n) is 8.46. The van der Waals surface area contributed by atoms with Gasteiger partial charge in [-0.15, -0.1) is 0 Å². The Morgan fingerprint density at radius 3 is 2.57 bits per heavy atom. The molecule has 1 saturated heterocycles. The van der Waals surface area contributed by atoms with Crippen LogP contribution in [0.5, 0.6) is 0 Å². The number of piperidine rings is 1. The summed E-state index contributed by atoms with van der Waals surface area (Å²) in [5.41, 5.74) is 2.65. The van der Waals surface area contributed by atoms with E-state index in [0.717, 1.165) is 25.8 Å². The fourth-order valence-corrected chi connectivity index (χ4v) is 4.23. The molecule has 1 aliphatic heterocycles. The molecule has 0 aromatic heterocycles. The SMILES string of the molecule is Cc1ccc(C[C@H](C)N(C)C[C@@H]2CCCN(S(C)(=O)=O)C2)cc1. The minimum Gasteiger partial charge on any atom is -0.303 e. The molecular formula is C18H30N2O2S. The Balaban J connectivity index is 1.87. The fourth-order valence-electron chi connectivity index (χ4n) is 3.29. The van der Waals surface area contributed by atoms with Gasteiger partial charge in [0.25, 0.3) is 0 Å². The molecule has 0 aliphatic carbocycles. The molecule has 5 heteroatoms. The summed E-state index contributed by atoms with van der Waals surface area (Å²) >= 11 is 0. The second kappa shape index (κ2) is 7.77. The number of hydrogen-bond donors (Lipinski definition) is 0. The summed E-state index contributed by atoms with van der Waals surface area (Å²) in [6.07, 6.45) is 4.43. The lowest BCUT2D eigenvalue weighted by Gasteiger charge is -2.35. The first-order valence-corrected chi connectivity index (χ1v) is 10.3. The number of aryl methyl sites for hydroxylation is 1. The van der Waals surface area contributed by atoms with Gasteiger partial charge in [0.05, 0.1) is 6.26 Å². The van der Waals surface area contributed by atoms with Crippen LogP contribution in [0.4, 0.5) is 0 Å². The summed E-state index contributed by atoms with van der Waals surface area (Å²) in [4.78, 5) is 2.37. The number of rotatable bonds is 6. The molecule has 0 unspecified atom stereocenters. The quantitative estimate of drug-likeness (QED) is 0.800. The van der Waals surface area contributed by atoms with Gasteiger partial charge in [0, 0.05) is 25.7 Å². The van der Waals surface area contributed by atoms with E-state index in [1.165, 1.54) is 17.4 Å². The van der Waals surface area contributed by atoms with E-state index in [0.29, 0.717) is 25.0 Å². The maximum Gasteiger partial charge on any atom is 0.211 e. The zero-order valence-electron chi connectivity index (χ0n) is 14.8. The maximum absolute atomic E-state index is 11.7. The molecule has 1 aliphatic rings. The van der Waals surface area contributed by atoms with Crippen molar-refractivity contribution < 1.29 is 8.42 Å². The van der Waals surface area contributed by atoms with Crippen LogP contribution < -0.4 is 0 Å². The molecular weight excluding hydrogens is 308 g/mol. The predicted molar refractivity (Wildman–Crippen MR) is 96.1 cm³/mol. The fraction of sp³-hybridized carbons (Fsp3) is 0.667. The van der Waals surface area contributed by atoms with Crippen LogP contribution in [0.1, 0.15) is 30.9 Å². The molecule has 4 nitrogen and oxygen atoms in total. The highest BCUT2D eigenvalue weighted by atomic mass is 32.2. The summed E-state index contributed by atoms with van der Waals surface area (Å²) < 4.78 is 25.1. The standard InChI is InChI=1S/C18H30N2O2S/c1-15-7-9-17(10-8-15)12-16(2)19(3)13-18-6-5-11-20(14-18)23(4,21)22/h7-10,16,18H,5-6,11-14H2,1-4H3/t16-,18-/m0/s1. The second-order valence-corrected chi connectivity index (χ2v) is 9.09. The van der Waals surface area contributed by atoms with Gasteiger partial charge in [-0.2, -0.15) is 0 Å². The zero-order valence-corrected chi connectivity index (χ0v) is 15.6. The van der Waals surface area contributed by atoms with E-state index in [-0.39, 0.29) is 0 Å². The first-order chi connectivity index (χ1) is 10.8. The molecule has 1 aromatic carbocycles. The topological polar surface area (TPSA) is 40.6 Å². The third kappa shape index (κ3) is 5.59. The van der Waals surface area contributed by atoms with E-state index >= 15 is 0 Å². The van der Waals surface area contributed by atoms with Crippen LogP contribution in [0.2, 0.25) is 0 Å². The van der Waals surface area contributed by atoms with Crippen molar-refractivity contribution in [1.82, 2.24) is 9.21 Å². The third-order valence-corrected chi connectivity index (χ3v) is 6.17. The molecule has 1 aromatic rings. The average molecular weight is 339 g/mol. The Morgan fingerprint density at radius 2 is 1.96 bits per heavy atom. The van der Waals surface area contributed by atoms with E-state index in [1.54, 1.807) is 4.31 Å². The Labute approximate surface area is 141 Å². The zero-order chi connectivity index (χ0) is 17.0. The number of nitrogens with zero attached hydrogens (tertiary/aromatic N) is 2. The molecule has 130 valence electrons. The van der Waals surface area contributed by atoms with Crippen LogP contribution >= 0.6 is 0 Å². The van der Waals surface area contributed by atoms with Crippen LogP contribution in [-0.2, 0) is 16.4 Å². The van der Waals surface area contributed by atoms with Crippen molar-refractivity contribution in [2.24, 2.45) is 5.92 Å². The highest BCUT2D eigenvalue weighted by Crippen LogP contribution is 2.20. The predicted octanol–water partition coefficient (Wildman–Crippen LogP) is 2.53. The van der Waals surface area contributed by atoms with E-state index in [9.17, 15) is 8.42 Å². The molecule has 0 radical (unpaired) electrons. The van der Waals surface area contributed by atoms with Gasteiger partial charge in [-0.25, -0.2) is 12.7 Å². The lowest BCUT2D eigenvalue weighted by Crippen LogP contribution is -2.44. The minimum atomic E-state index is -3.05. The average Bonchev–Trinajstić information content (AvgIpc) is 2.49. The first kappa shape index (κ1) is 18.4. The van der Waals surface area contributed by atoms with Gasteiger partial charge in [-0.05, 0) is 51.6 Å². The van der Waals surface area contributed by atoms with E-state index in [2.05, 4.69) is 50.1 Å². The highest BCUT2D eigenvalue weighted by Gasteiger charge is 2.27. The van der Waals surface area contributed by atoms with Crippen molar-refractivity contribution in [1.29, 1.82) is 0 Å². The van der Waals surface area contributed by atoms with Gasteiger partial charge in [0.15, 0.2) is 0 Å². The maximum atomic E-state index is 11.7. The molecule has 0 spiro atoms. The second-order valence-electron chi connectivity index (χ2n) is 7.11. The number of benzene rings is 1. The summed E-state index contributed by atoms with van der Waals surface area (Å²) in [6.45, 7) is 6.66. The van der Waals surface area contributed by atoms with Crippen molar-refractivity contribution in [3.05, 3.63) is 35.4 Å². The van der Waals surface area contributed by atoms with Crippen molar-refractivity contribution in [2.45, 2.75) is 39.2 Å². The lowest BCUT2D eigenvalue weighted by atomic mass is 9.97. The van der Waals surface area contributed by atoms with Crippen molar-refractivity contribution in [2.75, 3.05) is 32.9 Å². The van der Waals surface area contributed by atoms with Crippen LogP contribution in [0, 0.1) is 12.8 Å². The lowest BCUT2D eigenvalue weighted by molar-refractivity contribution is 0.170. The van der Waals surface area contributed by atoms with E-state index < -0.39 is 10.0 Å². The van der Waals surface area contributed by atoms with Gasteiger partial charge in [0.1, 0.15) is 0 Å². The monoisotopic (exact) mass is 338 g/mol. The summed E-state index contributed by atoms with van der Waals surface area (Å²) in [5.74, 6) is 0.434. The van der Waals surface area contributed by atoms with Gasteiger partial charge in [-0.3, -0.25) is 0 Å². The molecule has 1 heterocycles. The number of sulfonamides is 1. The molecule has 1 fully saturated rings. The molecule has 0 N–H and O–H groups in total. The van der Waals surface area contributed by atoms with Crippen molar-refractivity contribution in [3.63, 3.8) is 0 Å². The van der Waals surface area contributed by atoms with E-state index in [4.69, 9.17) is 0 Å². The highest BCUT2D eigenvalue weighted by molar-refractivity contribution is 7.88. The summed E-state index contributed by atoms with van der Waals surface area (Å²) in [6, 6.07) is 9.17. The molecule has 2 rings (SSSR count). The summed E-state index contributed by atoms with van der Waals surface area (Å²) in [5, 5.41) is 0. The Morgan fingerprint density at radius 1 is 1.30 bits per heavy atom. The largest absolute Gasteiger partial charge is 0.303 e. The van der Waals surface area contributed by atoms with Crippen LogP contribution in [0.15, 0.2) is 24.3 Å². The minimum absolute atomic E-state index is 0.434. The molecule has 0 bridgehead atoms. The normalized spacial score (nSPS) is 21.5. The molecule has 0 amide bonds. The van der Waals surface area contributed by atoms with Crippen LogP contribution in [0.25, 0.3) is 0 Å². The molecule has 23 heavy (non-hydrogen) atoms. The molecule has 0 saturated carbocycles. The van der Waals surface area contributed by atoms with Gasteiger partial charge < -0.3 is 4.90 Å². The van der Waals surface area contributed by atoms with Crippen LogP contribution in [0.3, 0.4) is 0 Å². The molecule has 2 atom stereocenters. The number of likely N-dealkylation sites (N-methyl/N-ethyl adjacent to an activating group) is 1. The van der Waals surface area contributed by atoms with Crippen molar-refractivity contribution >= 4 is 10.0 Å². The van der Waals surface area contributed by atoms with Gasteiger partial charge >= 0.3 is 0 Å². The Hall–Kier alpha value is -0.910. The Kier molecular flexibility index (Phi) is 6.23. The van der Waals surface area contributed by atoms with Crippen molar-refractivity contribution in [3.8, 4) is 0 Å². The smallest absolute Gasteiger partial charge is 0.211 e. The van der Waals surface area contributed by atoms with Crippen LogP contribution in [-0.4, -0.2) is 56.6 Å². The Bertz CT molecular complexity index is 598. The van der Waals surface area contributed by atoms with Gasteiger partial charge in [0.2, 0.25) is 10.0 Å². The summed E-state index contributed by atoms with van der Waals surface area (Å²) in [7, 11) is -0.902.